The van der Waals surface area contributed by atoms with E-state index in [9.17, 15) is 13.2 Å². The molecule has 7 heteroatoms. The van der Waals surface area contributed by atoms with Crippen molar-refractivity contribution >= 4 is 16.0 Å². The molecule has 0 spiro atoms. The molecule has 0 aromatic heterocycles. The van der Waals surface area contributed by atoms with Crippen molar-refractivity contribution in [2.24, 2.45) is 0 Å². The molecule has 1 heterocycles. The number of carbonyl (C=O) groups is 1. The average Bonchev–Trinajstić information content (AvgIpc) is 2.69. The summed E-state index contributed by atoms with van der Waals surface area (Å²) in [4.78, 5) is 13.3. The van der Waals surface area contributed by atoms with Gasteiger partial charge in [0.2, 0.25) is 5.91 Å². The third-order valence-corrected chi connectivity index (χ3v) is 6.21. The largest absolute Gasteiger partial charge is 0.345 e. The van der Waals surface area contributed by atoms with Gasteiger partial charge in [-0.1, -0.05) is 48.0 Å². The summed E-state index contributed by atoms with van der Waals surface area (Å²) in [5.41, 5.74) is 2.43. The molecule has 2 aromatic rings. The molecule has 1 aliphatic heterocycles. The normalized spacial score (nSPS) is 15.7. The Kier molecular flexibility index (Phi) is 7.96. The molecule has 0 saturated carbocycles. The molecule has 0 atom stereocenters. The zero-order chi connectivity index (χ0) is 21.5. The number of carbonyl (C=O) groups excluding carboxylic acids is 1. The van der Waals surface area contributed by atoms with Crippen LogP contribution in [0, 0.1) is 6.92 Å². The van der Waals surface area contributed by atoms with Crippen molar-refractivity contribution in [3.05, 3.63) is 65.7 Å². The molecule has 0 aliphatic carbocycles. The van der Waals surface area contributed by atoms with E-state index in [1.165, 1.54) is 17.7 Å². The highest BCUT2D eigenvalue weighted by molar-refractivity contribution is 7.85. The lowest BCUT2D eigenvalue weighted by atomic mass is 9.73. The van der Waals surface area contributed by atoms with Gasteiger partial charge in [-0.3, -0.25) is 9.35 Å². The lowest BCUT2D eigenvalue weighted by Crippen LogP contribution is -2.47. The van der Waals surface area contributed by atoms with Crippen LogP contribution in [0.3, 0.4) is 0 Å². The summed E-state index contributed by atoms with van der Waals surface area (Å²) in [6, 6.07) is 16.6. The van der Waals surface area contributed by atoms with Crippen LogP contribution < -0.4 is 5.32 Å². The molecule has 2 N–H and O–H groups in total. The van der Waals surface area contributed by atoms with Gasteiger partial charge in [-0.2, -0.15) is 8.42 Å². The van der Waals surface area contributed by atoms with E-state index in [-0.39, 0.29) is 16.2 Å². The Morgan fingerprint density at radius 3 is 2.10 bits per heavy atom. The first kappa shape index (κ1) is 23.1. The molecule has 158 valence electrons. The number of nitrogens with one attached hydrogen (secondary N) is 1. The summed E-state index contributed by atoms with van der Waals surface area (Å²) in [7, 11) is -2.12. The van der Waals surface area contributed by atoms with Gasteiger partial charge in [-0.25, -0.2) is 0 Å². The van der Waals surface area contributed by atoms with Gasteiger partial charge in [0, 0.05) is 25.9 Å². The van der Waals surface area contributed by atoms with Crippen LogP contribution in [-0.4, -0.2) is 50.5 Å². The maximum absolute atomic E-state index is 11.5. The van der Waals surface area contributed by atoms with Crippen LogP contribution in [0.5, 0.6) is 0 Å². The second kappa shape index (κ2) is 10.0. The fourth-order valence-electron chi connectivity index (χ4n) is 3.51. The minimum Gasteiger partial charge on any atom is -0.345 e. The molecule has 0 radical (unpaired) electrons. The van der Waals surface area contributed by atoms with E-state index in [2.05, 4.69) is 29.6 Å². The van der Waals surface area contributed by atoms with E-state index >= 15 is 0 Å². The standard InChI is InChI=1S/C15H22N2O.C7H8O3S/c1-13(18)17(2)12-15(8-10-16-11-9-15)14-6-4-3-5-7-14;1-6-2-4-7(5-3-6)11(8,9)10/h3-7,16H,8-12H2,1-2H3;2-5H,1H3,(H,8,9,10). The molecule has 1 amide bonds. The van der Waals surface area contributed by atoms with Crippen molar-refractivity contribution in [3.63, 3.8) is 0 Å². The van der Waals surface area contributed by atoms with E-state index in [4.69, 9.17) is 4.55 Å². The second-order valence-corrected chi connectivity index (χ2v) is 8.98. The zero-order valence-corrected chi connectivity index (χ0v) is 18.1. The molecule has 6 nitrogen and oxygen atoms in total. The molecular weight excluding hydrogens is 388 g/mol. The number of nitrogens with zero attached hydrogens (tertiary/aromatic N) is 1. The van der Waals surface area contributed by atoms with Gasteiger partial charge in [-0.15, -0.1) is 0 Å². The Balaban J connectivity index is 0.000000234. The number of aryl methyl sites for hydroxylation is 1. The Bertz CT molecular complexity index is 890. The van der Waals surface area contributed by atoms with Gasteiger partial charge in [0.15, 0.2) is 0 Å². The number of amides is 1. The highest BCUT2D eigenvalue weighted by atomic mass is 32.2. The molecule has 2 aromatic carbocycles. The summed E-state index contributed by atoms with van der Waals surface area (Å²) in [5.74, 6) is 0.142. The minimum absolute atomic E-state index is 0.0666. The maximum Gasteiger partial charge on any atom is 0.294 e. The average molecular weight is 419 g/mol. The Morgan fingerprint density at radius 1 is 1.07 bits per heavy atom. The van der Waals surface area contributed by atoms with E-state index < -0.39 is 10.1 Å². The lowest BCUT2D eigenvalue weighted by Gasteiger charge is -2.40. The minimum atomic E-state index is -4.02. The lowest BCUT2D eigenvalue weighted by molar-refractivity contribution is -0.128. The molecule has 29 heavy (non-hydrogen) atoms. The van der Waals surface area contributed by atoms with Crippen molar-refractivity contribution < 1.29 is 17.8 Å². The van der Waals surface area contributed by atoms with Crippen LogP contribution in [0.4, 0.5) is 0 Å². The number of rotatable bonds is 4. The first-order valence-electron chi connectivity index (χ1n) is 9.66. The number of hydrogen-bond donors (Lipinski definition) is 2. The third-order valence-electron chi connectivity index (χ3n) is 5.34. The van der Waals surface area contributed by atoms with Gasteiger partial charge >= 0.3 is 0 Å². The van der Waals surface area contributed by atoms with Crippen LogP contribution in [0.1, 0.15) is 30.9 Å². The fourth-order valence-corrected chi connectivity index (χ4v) is 3.99. The monoisotopic (exact) mass is 418 g/mol. The number of likely N-dealkylation sites (N-methyl/N-ethyl adjacent to an activating group) is 1. The second-order valence-electron chi connectivity index (χ2n) is 7.56. The predicted molar refractivity (Wildman–Crippen MR) is 115 cm³/mol. The van der Waals surface area contributed by atoms with Gasteiger partial charge in [0.1, 0.15) is 0 Å². The van der Waals surface area contributed by atoms with Crippen LogP contribution in [0.25, 0.3) is 0 Å². The SMILES string of the molecule is CC(=O)N(C)CC1(c2ccccc2)CCNCC1.Cc1ccc(S(=O)(=O)O)cc1. The van der Waals surface area contributed by atoms with Crippen LogP contribution in [0.2, 0.25) is 0 Å². The first-order valence-corrected chi connectivity index (χ1v) is 11.1. The van der Waals surface area contributed by atoms with Crippen molar-refractivity contribution in [2.45, 2.75) is 37.0 Å². The van der Waals surface area contributed by atoms with Gasteiger partial charge in [-0.05, 0) is 50.6 Å². The van der Waals surface area contributed by atoms with Crippen LogP contribution >= 0.6 is 0 Å². The third kappa shape index (κ3) is 6.66. The van der Waals surface area contributed by atoms with Crippen molar-refractivity contribution in [3.8, 4) is 0 Å². The zero-order valence-electron chi connectivity index (χ0n) is 17.3. The van der Waals surface area contributed by atoms with E-state index in [1.807, 2.05) is 24.9 Å². The highest BCUT2D eigenvalue weighted by Crippen LogP contribution is 2.34. The Hall–Kier alpha value is -2.22. The first-order chi connectivity index (χ1) is 13.6. The molecule has 0 bridgehead atoms. The Labute approximate surface area is 173 Å². The summed E-state index contributed by atoms with van der Waals surface area (Å²) >= 11 is 0. The van der Waals surface area contributed by atoms with Crippen LogP contribution in [-0.2, 0) is 20.3 Å². The molecule has 1 aliphatic rings. The van der Waals surface area contributed by atoms with Crippen molar-refractivity contribution in [1.82, 2.24) is 10.2 Å². The number of piperidine rings is 1. The van der Waals surface area contributed by atoms with E-state index in [0.29, 0.717) is 0 Å². The van der Waals surface area contributed by atoms with Crippen LogP contribution in [0.15, 0.2) is 59.5 Å². The molecule has 1 saturated heterocycles. The topological polar surface area (TPSA) is 86.7 Å². The number of hydrogen-bond acceptors (Lipinski definition) is 4. The smallest absolute Gasteiger partial charge is 0.294 e. The predicted octanol–water partition coefficient (Wildman–Crippen LogP) is 3.03. The quantitative estimate of drug-likeness (QED) is 0.746. The molecule has 3 rings (SSSR count). The summed E-state index contributed by atoms with van der Waals surface area (Å²) in [6.07, 6.45) is 2.18. The van der Waals surface area contributed by atoms with Crippen molar-refractivity contribution in [2.75, 3.05) is 26.7 Å². The van der Waals surface area contributed by atoms with E-state index in [1.54, 1.807) is 19.1 Å². The maximum atomic E-state index is 11.5. The van der Waals surface area contributed by atoms with Gasteiger partial charge in [0.25, 0.3) is 10.1 Å². The molecule has 1 fully saturated rings. The van der Waals surface area contributed by atoms with Gasteiger partial charge in [0.05, 0.1) is 4.90 Å². The fraction of sp³-hybridized carbons (Fsp3) is 0.409. The summed E-state index contributed by atoms with van der Waals surface area (Å²) in [6.45, 7) is 6.35. The van der Waals surface area contributed by atoms with Gasteiger partial charge < -0.3 is 10.2 Å². The summed E-state index contributed by atoms with van der Waals surface area (Å²) < 4.78 is 29.6. The van der Waals surface area contributed by atoms with E-state index in [0.717, 1.165) is 38.0 Å². The number of benzene rings is 2. The molecule has 0 unspecified atom stereocenters. The van der Waals surface area contributed by atoms with Crippen molar-refractivity contribution in [1.29, 1.82) is 0 Å². The highest BCUT2D eigenvalue weighted by Gasteiger charge is 2.35. The molecular formula is C22H30N2O4S. The summed E-state index contributed by atoms with van der Waals surface area (Å²) in [5, 5.41) is 3.41. The Morgan fingerprint density at radius 2 is 1.62 bits per heavy atom.